The highest BCUT2D eigenvalue weighted by atomic mass is 19.1. The van der Waals surface area contributed by atoms with Crippen LogP contribution in [0.3, 0.4) is 0 Å². The van der Waals surface area contributed by atoms with E-state index in [0.29, 0.717) is 23.6 Å². The first-order valence-corrected chi connectivity index (χ1v) is 9.00. The molecule has 0 bridgehead atoms. The SMILES string of the molecule is O=C1NN(c2ccccc2)C(=O)/C1=C/c1ccc(OCc2ccc(F)cc2)cc1. The molecule has 0 saturated carbocycles. The minimum Gasteiger partial charge on any atom is -0.489 e. The van der Waals surface area contributed by atoms with Crippen LogP contribution in [0.1, 0.15) is 11.1 Å². The molecule has 3 aromatic rings. The number of para-hydroxylation sites is 1. The van der Waals surface area contributed by atoms with Crippen LogP contribution in [0.5, 0.6) is 5.75 Å². The average Bonchev–Trinajstić information content (AvgIpc) is 3.03. The van der Waals surface area contributed by atoms with Crippen LogP contribution in [0.15, 0.2) is 84.4 Å². The Morgan fingerprint density at radius 2 is 1.59 bits per heavy atom. The van der Waals surface area contributed by atoms with Crippen LogP contribution >= 0.6 is 0 Å². The largest absolute Gasteiger partial charge is 0.489 e. The number of halogens is 1. The molecule has 0 atom stereocenters. The number of anilines is 1. The predicted molar refractivity (Wildman–Crippen MR) is 107 cm³/mol. The van der Waals surface area contributed by atoms with Gasteiger partial charge in [0.15, 0.2) is 0 Å². The Bertz CT molecular complexity index is 1060. The number of hydrogen-bond donors (Lipinski definition) is 1. The zero-order valence-corrected chi connectivity index (χ0v) is 15.3. The summed E-state index contributed by atoms with van der Waals surface area (Å²) >= 11 is 0. The molecule has 1 N–H and O–H groups in total. The summed E-state index contributed by atoms with van der Waals surface area (Å²) in [5, 5.41) is 1.23. The molecule has 1 aliphatic rings. The number of benzene rings is 3. The van der Waals surface area contributed by atoms with Crippen molar-refractivity contribution in [3.8, 4) is 5.75 Å². The Balaban J connectivity index is 1.45. The number of rotatable bonds is 5. The molecule has 6 heteroatoms. The van der Waals surface area contributed by atoms with Crippen molar-refractivity contribution in [2.45, 2.75) is 6.61 Å². The topological polar surface area (TPSA) is 58.6 Å². The van der Waals surface area contributed by atoms with E-state index in [1.165, 1.54) is 17.1 Å². The molecule has 2 amide bonds. The van der Waals surface area contributed by atoms with Crippen LogP contribution in [0.4, 0.5) is 10.1 Å². The van der Waals surface area contributed by atoms with Crippen molar-refractivity contribution in [3.05, 3.63) is 101 Å². The van der Waals surface area contributed by atoms with E-state index in [9.17, 15) is 14.0 Å². The number of hydrogen-bond acceptors (Lipinski definition) is 3. The number of ether oxygens (including phenoxy) is 1. The quantitative estimate of drug-likeness (QED) is 0.533. The van der Waals surface area contributed by atoms with Gasteiger partial charge in [0.2, 0.25) is 0 Å². The minimum absolute atomic E-state index is 0.0637. The summed E-state index contributed by atoms with van der Waals surface area (Å²) in [4.78, 5) is 24.8. The maximum absolute atomic E-state index is 12.9. The summed E-state index contributed by atoms with van der Waals surface area (Å²) in [5.41, 5.74) is 4.78. The Morgan fingerprint density at radius 3 is 2.28 bits per heavy atom. The van der Waals surface area contributed by atoms with E-state index >= 15 is 0 Å². The fraction of sp³-hybridized carbons (Fsp3) is 0.0435. The standard InChI is InChI=1S/C23H17FN2O3/c24-18-10-6-17(7-11-18)15-29-20-12-8-16(9-13-20)14-21-22(27)25-26(23(21)28)19-4-2-1-3-5-19/h1-14H,15H2,(H,25,27)/b21-14+. The van der Waals surface area contributed by atoms with Gasteiger partial charge in [-0.1, -0.05) is 42.5 Å². The molecule has 4 rings (SSSR count). The molecular formula is C23H17FN2O3. The van der Waals surface area contributed by atoms with E-state index < -0.39 is 11.8 Å². The lowest BCUT2D eigenvalue weighted by Gasteiger charge is -2.13. The fourth-order valence-electron chi connectivity index (χ4n) is 2.89. The Hall–Kier alpha value is -3.93. The number of hydrazine groups is 1. The van der Waals surface area contributed by atoms with Gasteiger partial charge in [-0.15, -0.1) is 0 Å². The highest BCUT2D eigenvalue weighted by Crippen LogP contribution is 2.22. The molecule has 29 heavy (non-hydrogen) atoms. The van der Waals surface area contributed by atoms with Crippen LogP contribution in [0.2, 0.25) is 0 Å². The second kappa shape index (κ2) is 7.98. The van der Waals surface area contributed by atoms with Gasteiger partial charge in [-0.2, -0.15) is 0 Å². The molecule has 0 spiro atoms. The Labute approximate surface area is 167 Å². The first-order valence-electron chi connectivity index (χ1n) is 9.00. The maximum atomic E-state index is 12.9. The number of nitrogens with one attached hydrogen (secondary N) is 1. The summed E-state index contributed by atoms with van der Waals surface area (Å²) in [7, 11) is 0. The van der Waals surface area contributed by atoms with Crippen molar-refractivity contribution in [2.75, 3.05) is 5.01 Å². The van der Waals surface area contributed by atoms with Crippen molar-refractivity contribution in [3.63, 3.8) is 0 Å². The second-order valence-corrected chi connectivity index (χ2v) is 6.46. The molecule has 1 saturated heterocycles. The summed E-state index contributed by atoms with van der Waals surface area (Å²) in [6.07, 6.45) is 1.55. The highest BCUT2D eigenvalue weighted by Gasteiger charge is 2.34. The summed E-state index contributed by atoms with van der Waals surface area (Å²) in [5.74, 6) is -0.514. The monoisotopic (exact) mass is 388 g/mol. The van der Waals surface area contributed by atoms with Gasteiger partial charge in [0.05, 0.1) is 5.69 Å². The third-order valence-corrected chi connectivity index (χ3v) is 4.42. The van der Waals surface area contributed by atoms with Gasteiger partial charge in [-0.05, 0) is 53.6 Å². The lowest BCUT2D eigenvalue weighted by atomic mass is 10.1. The average molecular weight is 388 g/mol. The van der Waals surface area contributed by atoms with Gasteiger partial charge in [-0.25, -0.2) is 9.40 Å². The molecule has 144 valence electrons. The summed E-state index contributed by atoms with van der Waals surface area (Å²) in [6.45, 7) is 0.313. The Morgan fingerprint density at radius 1 is 0.897 bits per heavy atom. The van der Waals surface area contributed by atoms with E-state index in [0.717, 1.165) is 5.56 Å². The molecule has 0 unspecified atom stereocenters. The van der Waals surface area contributed by atoms with Crippen LogP contribution < -0.4 is 15.2 Å². The van der Waals surface area contributed by atoms with Crippen LogP contribution in [0, 0.1) is 5.82 Å². The van der Waals surface area contributed by atoms with Crippen LogP contribution in [0.25, 0.3) is 6.08 Å². The lowest BCUT2D eigenvalue weighted by Crippen LogP contribution is -2.35. The molecule has 0 radical (unpaired) electrons. The fourth-order valence-corrected chi connectivity index (χ4v) is 2.89. The second-order valence-electron chi connectivity index (χ2n) is 6.46. The molecular weight excluding hydrogens is 371 g/mol. The van der Waals surface area contributed by atoms with Gasteiger partial charge in [0.25, 0.3) is 11.8 Å². The van der Waals surface area contributed by atoms with Crippen LogP contribution in [-0.2, 0) is 16.2 Å². The maximum Gasteiger partial charge on any atom is 0.282 e. The third kappa shape index (κ3) is 4.16. The van der Waals surface area contributed by atoms with Crippen LogP contribution in [-0.4, -0.2) is 11.8 Å². The molecule has 0 aliphatic carbocycles. The molecule has 0 aromatic heterocycles. The first-order chi connectivity index (χ1) is 14.1. The third-order valence-electron chi connectivity index (χ3n) is 4.42. The van der Waals surface area contributed by atoms with Gasteiger partial charge in [0, 0.05) is 0 Å². The summed E-state index contributed by atoms with van der Waals surface area (Å²) < 4.78 is 18.6. The van der Waals surface area contributed by atoms with E-state index in [1.54, 1.807) is 66.7 Å². The van der Waals surface area contributed by atoms with Crippen molar-refractivity contribution in [1.29, 1.82) is 0 Å². The normalized spacial score (nSPS) is 14.9. The molecule has 5 nitrogen and oxygen atoms in total. The molecule has 3 aromatic carbocycles. The number of nitrogens with zero attached hydrogens (tertiary/aromatic N) is 1. The zero-order valence-electron chi connectivity index (χ0n) is 15.3. The minimum atomic E-state index is -0.449. The number of amides is 2. The Kier molecular flexibility index (Phi) is 5.07. The van der Waals surface area contributed by atoms with Crippen molar-refractivity contribution < 1.29 is 18.7 Å². The molecule has 1 fully saturated rings. The first kappa shape index (κ1) is 18.4. The van der Waals surface area contributed by atoms with Gasteiger partial charge >= 0.3 is 0 Å². The van der Waals surface area contributed by atoms with Crippen molar-refractivity contribution in [2.24, 2.45) is 0 Å². The smallest absolute Gasteiger partial charge is 0.282 e. The van der Waals surface area contributed by atoms with Crippen molar-refractivity contribution >= 4 is 23.6 Å². The molecule has 1 aliphatic heterocycles. The van der Waals surface area contributed by atoms with Gasteiger partial charge in [0.1, 0.15) is 23.7 Å². The van der Waals surface area contributed by atoms with E-state index in [2.05, 4.69) is 5.43 Å². The lowest BCUT2D eigenvalue weighted by molar-refractivity contribution is -0.117. The zero-order chi connectivity index (χ0) is 20.2. The van der Waals surface area contributed by atoms with Gasteiger partial charge < -0.3 is 4.74 Å². The number of carbonyl (C=O) groups excluding carboxylic acids is 2. The van der Waals surface area contributed by atoms with Crippen molar-refractivity contribution in [1.82, 2.24) is 5.43 Å². The van der Waals surface area contributed by atoms with E-state index in [1.807, 2.05) is 6.07 Å². The highest BCUT2D eigenvalue weighted by molar-refractivity contribution is 6.31. The summed E-state index contributed by atoms with van der Waals surface area (Å²) in [6, 6.07) is 22.0. The molecule has 1 heterocycles. The number of carbonyl (C=O) groups is 2. The van der Waals surface area contributed by atoms with Gasteiger partial charge in [-0.3, -0.25) is 15.0 Å². The van der Waals surface area contributed by atoms with E-state index in [-0.39, 0.29) is 11.4 Å². The van der Waals surface area contributed by atoms with E-state index in [4.69, 9.17) is 4.74 Å². The predicted octanol–water partition coefficient (Wildman–Crippen LogP) is 3.87.